The summed E-state index contributed by atoms with van der Waals surface area (Å²) in [7, 11) is -4.15. The molecular formula is C22H32N6O4S. The van der Waals surface area contributed by atoms with Crippen LogP contribution in [-0.4, -0.2) is 37.9 Å². The molecule has 0 radical (unpaired) electrons. The Bertz CT molecular complexity index is 1030. The van der Waals surface area contributed by atoms with Crippen molar-refractivity contribution in [2.45, 2.75) is 75.4 Å². The van der Waals surface area contributed by atoms with Gasteiger partial charge in [-0.25, -0.2) is 13.6 Å². The van der Waals surface area contributed by atoms with Crippen LogP contribution < -0.4 is 21.1 Å². The number of rotatable bonds is 5. The zero-order valence-corrected chi connectivity index (χ0v) is 19.5. The van der Waals surface area contributed by atoms with Crippen molar-refractivity contribution in [3.63, 3.8) is 0 Å². The van der Waals surface area contributed by atoms with Crippen LogP contribution in [0.1, 0.15) is 64.2 Å². The number of carbonyl (C=O) groups is 2. The third-order valence-corrected chi connectivity index (χ3v) is 7.76. The number of benzene rings is 1. The Labute approximate surface area is 194 Å². The fourth-order valence-electron chi connectivity index (χ4n) is 5.00. The highest BCUT2D eigenvalue weighted by Crippen LogP contribution is 2.37. The van der Waals surface area contributed by atoms with Gasteiger partial charge in [-0.15, -0.1) is 0 Å². The Morgan fingerprint density at radius 1 is 0.970 bits per heavy atom. The number of sulfonamides is 1. The van der Waals surface area contributed by atoms with E-state index in [9.17, 15) is 18.0 Å². The maximum Gasteiger partial charge on any atom is 0.248 e. The van der Waals surface area contributed by atoms with Crippen LogP contribution in [0.25, 0.3) is 0 Å². The standard InChI is InChI=1S/C22H32N6O4S/c23-22-27(14-25-28(22)21(30)16-10-5-2-6-11-16)19-17(12-7-13-18(19)33(24,31)32)26-20(29)15-8-3-1-4-9-15/h7,12-16,22H,1-6,8-11,23H2,(H,26,29)(H2,24,31,32). The minimum absolute atomic E-state index is 0.111. The van der Waals surface area contributed by atoms with E-state index < -0.39 is 16.3 Å². The third kappa shape index (κ3) is 5.04. The zero-order chi connectivity index (χ0) is 23.6. The second-order valence-electron chi connectivity index (χ2n) is 9.09. The van der Waals surface area contributed by atoms with Gasteiger partial charge in [-0.2, -0.15) is 10.1 Å². The van der Waals surface area contributed by atoms with E-state index in [1.165, 1.54) is 28.4 Å². The van der Waals surface area contributed by atoms with Gasteiger partial charge < -0.3 is 5.32 Å². The molecule has 2 fully saturated rings. The second kappa shape index (κ2) is 9.78. The van der Waals surface area contributed by atoms with Gasteiger partial charge in [0.2, 0.25) is 21.8 Å². The van der Waals surface area contributed by atoms with E-state index in [0.29, 0.717) is 0 Å². The number of carbonyl (C=O) groups excluding carboxylic acids is 2. The number of nitrogens with one attached hydrogen (secondary N) is 1. The van der Waals surface area contributed by atoms with Crippen molar-refractivity contribution in [1.82, 2.24) is 5.01 Å². The lowest BCUT2D eigenvalue weighted by Crippen LogP contribution is -2.51. The maximum absolute atomic E-state index is 13.0. The van der Waals surface area contributed by atoms with E-state index in [4.69, 9.17) is 10.9 Å². The third-order valence-electron chi connectivity index (χ3n) is 6.81. The van der Waals surface area contributed by atoms with Crippen LogP contribution >= 0.6 is 0 Å². The lowest BCUT2D eigenvalue weighted by molar-refractivity contribution is -0.138. The number of anilines is 2. The van der Waals surface area contributed by atoms with Crippen LogP contribution in [-0.2, 0) is 19.6 Å². The Morgan fingerprint density at radius 3 is 2.18 bits per heavy atom. The molecule has 1 atom stereocenters. The molecule has 0 aromatic heterocycles. The van der Waals surface area contributed by atoms with Gasteiger partial charge in [0.25, 0.3) is 0 Å². The predicted octanol–water partition coefficient (Wildman–Crippen LogP) is 2.27. The van der Waals surface area contributed by atoms with E-state index >= 15 is 0 Å². The zero-order valence-electron chi connectivity index (χ0n) is 18.7. The minimum Gasteiger partial charge on any atom is -0.324 e. The molecule has 0 bridgehead atoms. The molecule has 1 unspecified atom stereocenters. The van der Waals surface area contributed by atoms with Crippen molar-refractivity contribution in [2.24, 2.45) is 27.8 Å². The minimum atomic E-state index is -4.15. The quantitative estimate of drug-likeness (QED) is 0.593. The average Bonchev–Trinajstić information content (AvgIpc) is 3.19. The van der Waals surface area contributed by atoms with Crippen molar-refractivity contribution >= 4 is 39.6 Å². The molecule has 33 heavy (non-hydrogen) atoms. The van der Waals surface area contributed by atoms with E-state index in [1.807, 2.05) is 0 Å². The first kappa shape index (κ1) is 23.7. The lowest BCUT2D eigenvalue weighted by Gasteiger charge is -2.31. The fraction of sp³-hybridized carbons (Fsp3) is 0.591. The molecule has 2 saturated carbocycles. The van der Waals surface area contributed by atoms with Crippen molar-refractivity contribution < 1.29 is 18.0 Å². The first-order chi connectivity index (χ1) is 15.8. The van der Waals surface area contributed by atoms with Crippen molar-refractivity contribution in [1.29, 1.82) is 0 Å². The largest absolute Gasteiger partial charge is 0.324 e. The number of hydrogen-bond donors (Lipinski definition) is 3. The van der Waals surface area contributed by atoms with Gasteiger partial charge in [-0.1, -0.05) is 44.6 Å². The van der Waals surface area contributed by atoms with Gasteiger partial charge in [0, 0.05) is 11.8 Å². The molecule has 1 heterocycles. The number of hydrogen-bond acceptors (Lipinski definition) is 7. The molecule has 11 heteroatoms. The van der Waals surface area contributed by atoms with Crippen LogP contribution in [0.2, 0.25) is 0 Å². The molecule has 0 saturated heterocycles. The first-order valence-corrected chi connectivity index (χ1v) is 13.2. The van der Waals surface area contributed by atoms with Gasteiger partial charge in [-0.05, 0) is 37.8 Å². The van der Waals surface area contributed by atoms with Gasteiger partial charge in [-0.3, -0.25) is 20.2 Å². The number of nitrogens with zero attached hydrogens (tertiary/aromatic N) is 3. The van der Waals surface area contributed by atoms with Gasteiger partial charge in [0.05, 0.1) is 11.4 Å². The Hall–Kier alpha value is -2.50. The van der Waals surface area contributed by atoms with Crippen molar-refractivity contribution in [2.75, 3.05) is 10.2 Å². The summed E-state index contributed by atoms with van der Waals surface area (Å²) in [5, 5.41) is 13.8. The summed E-state index contributed by atoms with van der Waals surface area (Å²) in [6.45, 7) is 0. The van der Waals surface area contributed by atoms with Crippen molar-refractivity contribution in [3.05, 3.63) is 18.2 Å². The molecular weight excluding hydrogens is 444 g/mol. The number of nitrogens with two attached hydrogens (primary N) is 2. The topological polar surface area (TPSA) is 151 Å². The lowest BCUT2D eigenvalue weighted by atomic mass is 9.88. The summed E-state index contributed by atoms with van der Waals surface area (Å²) < 4.78 is 24.8. The van der Waals surface area contributed by atoms with Crippen LogP contribution in [0.3, 0.4) is 0 Å². The highest BCUT2D eigenvalue weighted by molar-refractivity contribution is 7.89. The molecule has 4 rings (SSSR count). The number of hydrazone groups is 1. The molecule has 1 aromatic rings. The predicted molar refractivity (Wildman–Crippen MR) is 125 cm³/mol. The molecule has 180 valence electrons. The Kier molecular flexibility index (Phi) is 7.01. The number of para-hydroxylation sites is 1. The van der Waals surface area contributed by atoms with Crippen LogP contribution in [0.15, 0.2) is 28.2 Å². The molecule has 2 aliphatic carbocycles. The van der Waals surface area contributed by atoms with Crippen molar-refractivity contribution in [3.8, 4) is 0 Å². The second-order valence-corrected chi connectivity index (χ2v) is 10.6. The molecule has 2 amide bonds. The molecule has 5 N–H and O–H groups in total. The summed E-state index contributed by atoms with van der Waals surface area (Å²) in [4.78, 5) is 27.1. The highest BCUT2D eigenvalue weighted by atomic mass is 32.2. The average molecular weight is 477 g/mol. The number of amides is 2. The molecule has 3 aliphatic rings. The monoisotopic (exact) mass is 476 g/mol. The molecule has 1 aliphatic heterocycles. The van der Waals surface area contributed by atoms with Crippen LogP contribution in [0.4, 0.5) is 11.4 Å². The summed E-state index contributed by atoms with van der Waals surface area (Å²) in [6, 6.07) is 4.48. The van der Waals surface area contributed by atoms with Crippen LogP contribution in [0, 0.1) is 11.8 Å². The number of primary sulfonamides is 1. The van der Waals surface area contributed by atoms with Crippen LogP contribution in [0.5, 0.6) is 0 Å². The van der Waals surface area contributed by atoms with Gasteiger partial charge in [0.15, 0.2) is 6.29 Å². The molecule has 0 spiro atoms. The fourth-order valence-corrected chi connectivity index (χ4v) is 5.75. The highest BCUT2D eigenvalue weighted by Gasteiger charge is 2.38. The smallest absolute Gasteiger partial charge is 0.248 e. The molecule has 1 aromatic carbocycles. The summed E-state index contributed by atoms with van der Waals surface area (Å²) in [5.74, 6) is -0.625. The maximum atomic E-state index is 13.0. The van der Waals surface area contributed by atoms with E-state index in [-0.39, 0.29) is 39.9 Å². The normalized spacial score (nSPS) is 22.5. The summed E-state index contributed by atoms with van der Waals surface area (Å²) >= 11 is 0. The first-order valence-electron chi connectivity index (χ1n) is 11.6. The van der Waals surface area contributed by atoms with Gasteiger partial charge in [0.1, 0.15) is 11.2 Å². The molecule has 10 nitrogen and oxygen atoms in total. The van der Waals surface area contributed by atoms with E-state index in [1.54, 1.807) is 6.07 Å². The SMILES string of the molecule is NC1N(C(=O)C2CCCCC2)N=CN1c1c(NC(=O)C2CCCCC2)cccc1S(N)(=O)=O. The Morgan fingerprint density at radius 2 is 1.58 bits per heavy atom. The Balaban J connectivity index is 1.63. The van der Waals surface area contributed by atoms with E-state index in [0.717, 1.165) is 64.2 Å². The summed E-state index contributed by atoms with van der Waals surface area (Å²) in [6.07, 6.45) is 9.61. The van der Waals surface area contributed by atoms with Gasteiger partial charge >= 0.3 is 0 Å². The summed E-state index contributed by atoms with van der Waals surface area (Å²) in [5.41, 5.74) is 6.76. The van der Waals surface area contributed by atoms with E-state index in [2.05, 4.69) is 10.4 Å².